The number of nitrogens with zero attached hydrogens (tertiary/aromatic N) is 2. The molecule has 2 heterocycles. The van der Waals surface area contributed by atoms with Crippen molar-refractivity contribution in [2.75, 3.05) is 26.4 Å². The number of carbonyl (C=O) groups is 2. The molecule has 0 fully saturated rings. The van der Waals surface area contributed by atoms with E-state index in [1.807, 2.05) is 43.5 Å². The van der Waals surface area contributed by atoms with E-state index in [1.54, 1.807) is 22.3 Å². The van der Waals surface area contributed by atoms with Crippen LogP contribution in [0.25, 0.3) is 0 Å². The van der Waals surface area contributed by atoms with Crippen LogP contribution >= 0.6 is 11.3 Å². The lowest BCUT2D eigenvalue weighted by Gasteiger charge is -2.27. The second kappa shape index (κ2) is 10.2. The molecule has 8 heteroatoms. The molecule has 160 valence electrons. The first kappa shape index (κ1) is 21.7. The van der Waals surface area contributed by atoms with E-state index in [-0.39, 0.29) is 25.3 Å². The molecule has 0 aliphatic carbocycles. The van der Waals surface area contributed by atoms with Crippen molar-refractivity contribution in [2.45, 2.75) is 26.9 Å². The van der Waals surface area contributed by atoms with Crippen LogP contribution in [0.2, 0.25) is 0 Å². The Hall–Kier alpha value is -3.00. The fraction of sp³-hybridized carbons (Fsp3) is 0.364. The van der Waals surface area contributed by atoms with Gasteiger partial charge in [0.25, 0.3) is 0 Å². The Morgan fingerprint density at radius 3 is 2.70 bits per heavy atom. The van der Waals surface area contributed by atoms with Gasteiger partial charge in [-0.3, -0.25) is 4.79 Å². The van der Waals surface area contributed by atoms with Gasteiger partial charge in [-0.25, -0.2) is 4.79 Å². The topological polar surface area (TPSA) is 71.1 Å². The third-order valence-corrected chi connectivity index (χ3v) is 5.76. The average molecular weight is 430 g/mol. The van der Waals surface area contributed by atoms with Gasteiger partial charge in [-0.15, -0.1) is 17.9 Å². The molecule has 1 N–H and O–H groups in total. The first-order valence-corrected chi connectivity index (χ1v) is 10.7. The zero-order chi connectivity index (χ0) is 21.5. The summed E-state index contributed by atoms with van der Waals surface area (Å²) in [7, 11) is 0. The molecule has 1 aromatic heterocycles. The summed E-state index contributed by atoms with van der Waals surface area (Å²) in [4.78, 5) is 29.9. The van der Waals surface area contributed by atoms with E-state index >= 15 is 0 Å². The number of urea groups is 1. The Labute approximate surface area is 180 Å². The number of ether oxygens (including phenoxy) is 2. The maximum absolute atomic E-state index is 13.2. The van der Waals surface area contributed by atoms with Crippen LogP contribution in [0.1, 0.15) is 22.9 Å². The van der Waals surface area contributed by atoms with Crippen LogP contribution < -0.4 is 14.8 Å². The van der Waals surface area contributed by atoms with Gasteiger partial charge in [0.1, 0.15) is 6.54 Å². The molecule has 30 heavy (non-hydrogen) atoms. The van der Waals surface area contributed by atoms with E-state index in [4.69, 9.17) is 9.47 Å². The van der Waals surface area contributed by atoms with Crippen molar-refractivity contribution in [3.8, 4) is 11.5 Å². The molecule has 2 aromatic rings. The Bertz CT molecular complexity index is 912. The Balaban J connectivity index is 1.79. The lowest BCUT2D eigenvalue weighted by molar-refractivity contribution is -0.133. The fourth-order valence-electron chi connectivity index (χ4n) is 3.13. The average Bonchev–Trinajstić information content (AvgIpc) is 3.35. The zero-order valence-corrected chi connectivity index (χ0v) is 18.2. The van der Waals surface area contributed by atoms with Crippen molar-refractivity contribution in [3.05, 3.63) is 58.3 Å². The summed E-state index contributed by atoms with van der Waals surface area (Å²) < 4.78 is 10.8. The minimum atomic E-state index is -0.277. The quantitative estimate of drug-likeness (QED) is 0.619. The molecule has 1 aliphatic rings. The lowest BCUT2D eigenvalue weighted by atomic mass is 10.1. The number of carbonyl (C=O) groups excluding carboxylic acids is 2. The van der Waals surface area contributed by atoms with E-state index in [0.717, 1.165) is 16.0 Å². The molecule has 0 spiro atoms. The second-order valence-corrected chi connectivity index (χ2v) is 7.97. The molecule has 3 rings (SSSR count). The maximum atomic E-state index is 13.2. The molecule has 1 aliphatic heterocycles. The van der Waals surface area contributed by atoms with Gasteiger partial charge in [0, 0.05) is 24.5 Å². The van der Waals surface area contributed by atoms with Crippen LogP contribution in [-0.4, -0.2) is 48.2 Å². The van der Waals surface area contributed by atoms with Crippen LogP contribution in [0.3, 0.4) is 0 Å². The zero-order valence-electron chi connectivity index (χ0n) is 17.3. The Kier molecular flexibility index (Phi) is 7.35. The van der Waals surface area contributed by atoms with Gasteiger partial charge < -0.3 is 24.6 Å². The van der Waals surface area contributed by atoms with Crippen LogP contribution in [-0.2, 0) is 17.9 Å². The van der Waals surface area contributed by atoms with Gasteiger partial charge in [0.15, 0.2) is 11.5 Å². The molecule has 0 saturated carbocycles. The van der Waals surface area contributed by atoms with Crippen LogP contribution in [0.4, 0.5) is 4.79 Å². The number of thiophene rings is 1. The largest absolute Gasteiger partial charge is 0.454 e. The normalized spacial score (nSPS) is 11.8. The van der Waals surface area contributed by atoms with Crippen LogP contribution in [0.5, 0.6) is 11.5 Å². The number of aryl methyl sites for hydroxylation is 1. The molecular formula is C22H27N3O4S. The first-order chi connectivity index (χ1) is 14.5. The van der Waals surface area contributed by atoms with Gasteiger partial charge in [-0.2, -0.15) is 0 Å². The predicted octanol–water partition coefficient (Wildman–Crippen LogP) is 3.53. The molecule has 0 radical (unpaired) electrons. The highest BCUT2D eigenvalue weighted by atomic mass is 32.1. The van der Waals surface area contributed by atoms with E-state index < -0.39 is 0 Å². The third-order valence-electron chi connectivity index (χ3n) is 4.76. The minimum Gasteiger partial charge on any atom is -0.454 e. The molecule has 1 aromatic carbocycles. The van der Waals surface area contributed by atoms with E-state index in [0.29, 0.717) is 37.7 Å². The SMILES string of the molecule is C=CCN(CC(=O)N(Cc1ccc2c(c1)OCO2)Cc1sccc1C)C(=O)NCC. The van der Waals surface area contributed by atoms with E-state index in [2.05, 4.69) is 11.9 Å². The number of hydrogen-bond donors (Lipinski definition) is 1. The highest BCUT2D eigenvalue weighted by Crippen LogP contribution is 2.33. The monoisotopic (exact) mass is 429 g/mol. The Morgan fingerprint density at radius 1 is 1.20 bits per heavy atom. The van der Waals surface area contributed by atoms with Gasteiger partial charge in [0.2, 0.25) is 12.7 Å². The third kappa shape index (κ3) is 5.33. The Morgan fingerprint density at radius 2 is 2.00 bits per heavy atom. The molecule has 3 amide bonds. The first-order valence-electron chi connectivity index (χ1n) is 9.84. The van der Waals surface area contributed by atoms with Crippen molar-refractivity contribution >= 4 is 23.3 Å². The van der Waals surface area contributed by atoms with Crippen molar-refractivity contribution in [2.24, 2.45) is 0 Å². The van der Waals surface area contributed by atoms with E-state index in [1.165, 1.54) is 4.90 Å². The summed E-state index contributed by atoms with van der Waals surface area (Å²) in [6.07, 6.45) is 1.62. The van der Waals surface area contributed by atoms with Crippen LogP contribution in [0.15, 0.2) is 42.3 Å². The molecule has 0 unspecified atom stereocenters. The number of hydrogen-bond acceptors (Lipinski definition) is 5. The fourth-order valence-corrected chi connectivity index (χ4v) is 4.05. The van der Waals surface area contributed by atoms with Crippen molar-refractivity contribution < 1.29 is 19.1 Å². The van der Waals surface area contributed by atoms with Crippen LogP contribution in [0, 0.1) is 6.92 Å². The standard InChI is InChI=1S/C22H27N3O4S/c1-4-9-24(22(27)23-5-2)14-21(26)25(13-20-16(3)8-10-30-20)12-17-6-7-18-19(11-17)29-15-28-18/h4,6-8,10-11H,1,5,9,12-15H2,2-3H3,(H,23,27). The minimum absolute atomic E-state index is 0.0210. The van der Waals surface area contributed by atoms with Crippen molar-refractivity contribution in [3.63, 3.8) is 0 Å². The molecule has 0 atom stereocenters. The van der Waals surface area contributed by atoms with Crippen molar-refractivity contribution in [1.29, 1.82) is 0 Å². The molecular weight excluding hydrogens is 402 g/mol. The predicted molar refractivity (Wildman–Crippen MR) is 117 cm³/mol. The number of benzene rings is 1. The summed E-state index contributed by atoms with van der Waals surface area (Å²) in [5.41, 5.74) is 2.09. The summed E-state index contributed by atoms with van der Waals surface area (Å²) in [5.74, 6) is 1.26. The van der Waals surface area contributed by atoms with Gasteiger partial charge >= 0.3 is 6.03 Å². The smallest absolute Gasteiger partial charge is 0.318 e. The molecule has 0 bridgehead atoms. The summed E-state index contributed by atoms with van der Waals surface area (Å²) in [6, 6.07) is 7.45. The van der Waals surface area contributed by atoms with Crippen molar-refractivity contribution in [1.82, 2.24) is 15.1 Å². The number of fused-ring (bicyclic) bond motifs is 1. The molecule has 0 saturated heterocycles. The maximum Gasteiger partial charge on any atom is 0.318 e. The highest BCUT2D eigenvalue weighted by molar-refractivity contribution is 7.10. The molecule has 7 nitrogen and oxygen atoms in total. The second-order valence-electron chi connectivity index (χ2n) is 6.97. The number of amides is 3. The van der Waals surface area contributed by atoms with Gasteiger partial charge in [-0.05, 0) is 48.6 Å². The van der Waals surface area contributed by atoms with Gasteiger partial charge in [0.05, 0.1) is 6.54 Å². The lowest BCUT2D eigenvalue weighted by Crippen LogP contribution is -2.46. The van der Waals surface area contributed by atoms with E-state index in [9.17, 15) is 9.59 Å². The summed E-state index contributed by atoms with van der Waals surface area (Å²) in [5, 5.41) is 4.77. The summed E-state index contributed by atoms with van der Waals surface area (Å²) in [6.45, 7) is 9.45. The van der Waals surface area contributed by atoms with Gasteiger partial charge in [-0.1, -0.05) is 12.1 Å². The number of rotatable bonds is 9. The number of nitrogens with one attached hydrogen (secondary N) is 1. The highest BCUT2D eigenvalue weighted by Gasteiger charge is 2.22. The summed E-state index contributed by atoms with van der Waals surface area (Å²) >= 11 is 1.62.